The third-order valence-corrected chi connectivity index (χ3v) is 5.45. The summed E-state index contributed by atoms with van der Waals surface area (Å²) in [5, 5.41) is 0. The molecule has 3 saturated heterocycles. The Hall–Kier alpha value is -2.08. The third kappa shape index (κ3) is 2.59. The second-order valence-electron chi connectivity index (χ2n) is 6.93. The van der Waals surface area contributed by atoms with E-state index < -0.39 is 5.72 Å². The van der Waals surface area contributed by atoms with Crippen molar-refractivity contribution < 1.29 is 19.1 Å². The fraction of sp³-hybridized carbons (Fsp3) is 0.579. The van der Waals surface area contributed by atoms with Crippen LogP contribution in [0.15, 0.2) is 24.3 Å². The van der Waals surface area contributed by atoms with E-state index in [1.165, 1.54) is 0 Å². The number of carbonyl (C=O) groups excluding carboxylic acids is 2. The van der Waals surface area contributed by atoms with Gasteiger partial charge in [0, 0.05) is 25.1 Å². The molecule has 0 N–H and O–H groups in total. The fourth-order valence-electron chi connectivity index (χ4n) is 4.27. The second-order valence-corrected chi connectivity index (χ2v) is 6.93. The molecule has 134 valence electrons. The molecule has 3 heterocycles. The highest BCUT2D eigenvalue weighted by molar-refractivity contribution is 5.96. The molecule has 2 amide bonds. The summed E-state index contributed by atoms with van der Waals surface area (Å²) in [5.74, 6) is 0.840. The van der Waals surface area contributed by atoms with E-state index in [1.54, 1.807) is 12.1 Å². The molecule has 3 aliphatic heterocycles. The van der Waals surface area contributed by atoms with Crippen molar-refractivity contribution in [1.29, 1.82) is 0 Å². The average Bonchev–Trinajstić information content (AvgIpc) is 3.12. The van der Waals surface area contributed by atoms with Crippen LogP contribution in [0.4, 0.5) is 0 Å². The first-order valence-electron chi connectivity index (χ1n) is 9.14. The van der Waals surface area contributed by atoms with Gasteiger partial charge >= 0.3 is 0 Å². The van der Waals surface area contributed by atoms with Crippen LogP contribution in [-0.2, 0) is 9.53 Å². The highest BCUT2D eigenvalue weighted by Crippen LogP contribution is 2.45. The second kappa shape index (κ2) is 6.33. The zero-order chi connectivity index (χ0) is 17.4. The Balaban J connectivity index is 1.52. The Labute approximate surface area is 147 Å². The lowest BCUT2D eigenvalue weighted by Gasteiger charge is -2.42. The minimum Gasteiger partial charge on any atom is -0.494 e. The molecule has 1 aromatic carbocycles. The smallest absolute Gasteiger partial charge is 0.254 e. The van der Waals surface area contributed by atoms with Crippen LogP contribution in [0.5, 0.6) is 5.75 Å². The number of rotatable bonds is 4. The predicted molar refractivity (Wildman–Crippen MR) is 91.3 cm³/mol. The van der Waals surface area contributed by atoms with Gasteiger partial charge in [0.1, 0.15) is 5.75 Å². The van der Waals surface area contributed by atoms with Crippen molar-refractivity contribution in [2.45, 2.75) is 44.4 Å². The van der Waals surface area contributed by atoms with Crippen LogP contribution in [0, 0.1) is 0 Å². The summed E-state index contributed by atoms with van der Waals surface area (Å²) < 4.78 is 11.6. The lowest BCUT2D eigenvalue weighted by molar-refractivity contribution is -0.179. The van der Waals surface area contributed by atoms with E-state index in [4.69, 9.17) is 9.47 Å². The van der Waals surface area contributed by atoms with Gasteiger partial charge < -0.3 is 19.3 Å². The van der Waals surface area contributed by atoms with Crippen LogP contribution in [0.1, 0.15) is 43.0 Å². The quantitative estimate of drug-likeness (QED) is 0.839. The van der Waals surface area contributed by atoms with Gasteiger partial charge in [-0.25, -0.2) is 0 Å². The zero-order valence-electron chi connectivity index (χ0n) is 14.6. The van der Waals surface area contributed by atoms with Gasteiger partial charge in [0.05, 0.1) is 25.7 Å². The number of hydrogen-bond donors (Lipinski definition) is 0. The van der Waals surface area contributed by atoms with Crippen LogP contribution >= 0.6 is 0 Å². The lowest BCUT2D eigenvalue weighted by Crippen LogP contribution is -2.56. The fourth-order valence-corrected chi connectivity index (χ4v) is 4.27. The van der Waals surface area contributed by atoms with E-state index in [-0.39, 0.29) is 17.9 Å². The summed E-state index contributed by atoms with van der Waals surface area (Å²) in [6.07, 6.45) is 2.88. The van der Waals surface area contributed by atoms with Crippen molar-refractivity contribution in [3.8, 4) is 5.75 Å². The normalized spacial score (nSPS) is 28.0. The molecule has 6 heteroatoms. The molecule has 0 aliphatic carbocycles. The van der Waals surface area contributed by atoms with E-state index in [0.717, 1.165) is 25.1 Å². The number of benzene rings is 1. The monoisotopic (exact) mass is 344 g/mol. The zero-order valence-corrected chi connectivity index (χ0v) is 14.6. The maximum atomic E-state index is 13.0. The molecule has 0 radical (unpaired) electrons. The summed E-state index contributed by atoms with van der Waals surface area (Å²) in [4.78, 5) is 29.0. The summed E-state index contributed by atoms with van der Waals surface area (Å²) in [6, 6.07) is 7.09. The molecule has 0 saturated carbocycles. The minimum atomic E-state index is -0.588. The largest absolute Gasteiger partial charge is 0.494 e. The van der Waals surface area contributed by atoms with E-state index >= 15 is 0 Å². The first-order chi connectivity index (χ1) is 12.2. The first kappa shape index (κ1) is 16.4. The Morgan fingerprint density at radius 2 is 2.12 bits per heavy atom. The van der Waals surface area contributed by atoms with E-state index in [0.29, 0.717) is 38.2 Å². The maximum absolute atomic E-state index is 13.0. The summed E-state index contributed by atoms with van der Waals surface area (Å²) in [6.45, 7) is 4.74. The van der Waals surface area contributed by atoms with Gasteiger partial charge in [0.25, 0.3) is 5.91 Å². The molecule has 25 heavy (non-hydrogen) atoms. The molecule has 1 aromatic rings. The van der Waals surface area contributed by atoms with Crippen molar-refractivity contribution >= 4 is 11.8 Å². The van der Waals surface area contributed by atoms with Gasteiger partial charge in [0.2, 0.25) is 5.91 Å². The number of hydrogen-bond acceptors (Lipinski definition) is 4. The number of ether oxygens (including phenoxy) is 2. The Morgan fingerprint density at radius 1 is 1.32 bits per heavy atom. The number of amides is 2. The van der Waals surface area contributed by atoms with Gasteiger partial charge in [-0.2, -0.15) is 0 Å². The average molecular weight is 344 g/mol. The first-order valence-corrected chi connectivity index (χ1v) is 9.14. The standard InChI is InChI=1S/C19H24N2O4/c1-2-11-24-15-6-4-14(5-7-15)18(23)20-10-8-19-16(20)13-17(22)21(19)9-3-12-25-19/h4-7,16H,2-3,8-13H2,1H3/t16-,19+/m1/s1. The van der Waals surface area contributed by atoms with Crippen molar-refractivity contribution in [2.24, 2.45) is 0 Å². The molecule has 0 unspecified atom stereocenters. The molecule has 1 spiro atoms. The van der Waals surface area contributed by atoms with Crippen molar-refractivity contribution in [3.63, 3.8) is 0 Å². The van der Waals surface area contributed by atoms with E-state index in [1.807, 2.05) is 21.9 Å². The molecular formula is C19H24N2O4. The summed E-state index contributed by atoms with van der Waals surface area (Å²) >= 11 is 0. The maximum Gasteiger partial charge on any atom is 0.254 e. The Morgan fingerprint density at radius 3 is 2.88 bits per heavy atom. The molecular weight excluding hydrogens is 320 g/mol. The number of carbonyl (C=O) groups is 2. The van der Waals surface area contributed by atoms with Gasteiger partial charge in [-0.1, -0.05) is 6.92 Å². The lowest BCUT2D eigenvalue weighted by atomic mass is 10.0. The summed E-state index contributed by atoms with van der Waals surface area (Å²) in [5.41, 5.74) is 0.0393. The topological polar surface area (TPSA) is 59.1 Å². The Kier molecular flexibility index (Phi) is 4.15. The summed E-state index contributed by atoms with van der Waals surface area (Å²) in [7, 11) is 0. The van der Waals surface area contributed by atoms with Crippen LogP contribution < -0.4 is 4.74 Å². The number of nitrogens with zero attached hydrogens (tertiary/aromatic N) is 2. The molecule has 2 atom stereocenters. The van der Waals surface area contributed by atoms with Gasteiger partial charge in [-0.05, 0) is 37.1 Å². The van der Waals surface area contributed by atoms with Gasteiger partial charge in [0.15, 0.2) is 5.72 Å². The van der Waals surface area contributed by atoms with Crippen molar-refractivity contribution in [3.05, 3.63) is 29.8 Å². The Bertz CT molecular complexity index is 675. The third-order valence-electron chi connectivity index (χ3n) is 5.45. The molecule has 0 bridgehead atoms. The molecule has 3 aliphatic rings. The van der Waals surface area contributed by atoms with Crippen LogP contribution in [0.2, 0.25) is 0 Å². The van der Waals surface area contributed by atoms with Gasteiger partial charge in [-0.3, -0.25) is 9.59 Å². The van der Waals surface area contributed by atoms with E-state index in [2.05, 4.69) is 6.92 Å². The highest BCUT2D eigenvalue weighted by atomic mass is 16.5. The molecule has 6 nitrogen and oxygen atoms in total. The van der Waals surface area contributed by atoms with Crippen LogP contribution in [0.25, 0.3) is 0 Å². The number of likely N-dealkylation sites (tertiary alicyclic amines) is 1. The van der Waals surface area contributed by atoms with Crippen LogP contribution in [-0.4, -0.2) is 59.7 Å². The van der Waals surface area contributed by atoms with Gasteiger partial charge in [-0.15, -0.1) is 0 Å². The molecule has 4 rings (SSSR count). The highest BCUT2D eigenvalue weighted by Gasteiger charge is 2.61. The van der Waals surface area contributed by atoms with Crippen LogP contribution in [0.3, 0.4) is 0 Å². The predicted octanol–water partition coefficient (Wildman–Crippen LogP) is 2.04. The SMILES string of the molecule is CCCOc1ccc(C(=O)N2CC[C@@]34OCCCN3C(=O)C[C@@H]24)cc1. The molecule has 0 aromatic heterocycles. The molecule has 3 fully saturated rings. The van der Waals surface area contributed by atoms with Crippen molar-refractivity contribution in [1.82, 2.24) is 9.80 Å². The van der Waals surface area contributed by atoms with E-state index in [9.17, 15) is 9.59 Å². The minimum absolute atomic E-state index is 0.0345. The van der Waals surface area contributed by atoms with Crippen molar-refractivity contribution in [2.75, 3.05) is 26.3 Å².